The number of non-ortho nitro benzene ring substituents is 1. The van der Waals surface area contributed by atoms with Crippen LogP contribution in [0.4, 0.5) is 14.5 Å². The molecule has 1 rings (SSSR count). The van der Waals surface area contributed by atoms with Crippen molar-refractivity contribution in [1.82, 2.24) is 0 Å². The smallest absolute Gasteiger partial charge is 0.258 e. The lowest BCUT2D eigenvalue weighted by Crippen LogP contribution is -1.96. The minimum absolute atomic E-state index is 0.0391. The third-order valence-corrected chi connectivity index (χ3v) is 2.05. The van der Waals surface area contributed by atoms with E-state index in [9.17, 15) is 18.9 Å². The number of hydrogen-bond acceptors (Lipinski definition) is 2. The zero-order valence-corrected chi connectivity index (χ0v) is 7.85. The highest BCUT2D eigenvalue weighted by atomic mass is 79.9. The highest BCUT2D eigenvalue weighted by Gasteiger charge is 2.15. The Bertz CT molecular complexity index is 357. The van der Waals surface area contributed by atoms with E-state index in [2.05, 4.69) is 15.9 Å². The maximum atomic E-state index is 12.8. The Labute approximate surface area is 80.6 Å². The quantitative estimate of drug-likeness (QED) is 0.461. The van der Waals surface area contributed by atoms with Gasteiger partial charge in [0.15, 0.2) is 11.6 Å². The van der Waals surface area contributed by atoms with Gasteiger partial charge in [0, 0.05) is 17.0 Å². The molecule has 0 saturated heterocycles. The number of benzene rings is 1. The molecule has 0 radical (unpaired) electrons. The van der Waals surface area contributed by atoms with Crippen LogP contribution in [0.2, 0.25) is 0 Å². The Balaban J connectivity index is 3.30. The van der Waals surface area contributed by atoms with Gasteiger partial charge in [0.1, 0.15) is 0 Å². The van der Waals surface area contributed by atoms with Crippen LogP contribution in [-0.2, 0) is 5.33 Å². The van der Waals surface area contributed by atoms with Gasteiger partial charge in [0.05, 0.1) is 11.0 Å². The van der Waals surface area contributed by atoms with Crippen LogP contribution >= 0.6 is 15.9 Å². The Morgan fingerprint density at radius 1 is 1.46 bits per heavy atom. The maximum Gasteiger partial charge on any atom is 0.272 e. The van der Waals surface area contributed by atoms with Crippen LogP contribution < -0.4 is 0 Å². The van der Waals surface area contributed by atoms with E-state index in [-0.39, 0.29) is 10.9 Å². The Hall–Kier alpha value is -1.04. The molecule has 1 aromatic carbocycles. The van der Waals surface area contributed by atoms with E-state index in [0.29, 0.717) is 6.07 Å². The number of nitro groups is 1. The summed E-state index contributed by atoms with van der Waals surface area (Å²) in [6.07, 6.45) is 0. The van der Waals surface area contributed by atoms with Gasteiger partial charge in [-0.3, -0.25) is 10.1 Å². The lowest BCUT2D eigenvalue weighted by atomic mass is 10.2. The van der Waals surface area contributed by atoms with E-state index < -0.39 is 22.2 Å². The van der Waals surface area contributed by atoms with Gasteiger partial charge in [-0.15, -0.1) is 0 Å². The summed E-state index contributed by atoms with van der Waals surface area (Å²) in [6.45, 7) is 0. The molecule has 0 heterocycles. The summed E-state index contributed by atoms with van der Waals surface area (Å²) in [5.74, 6) is -2.26. The Kier molecular flexibility index (Phi) is 2.92. The molecule has 3 nitrogen and oxygen atoms in total. The van der Waals surface area contributed by atoms with Crippen molar-refractivity contribution in [2.45, 2.75) is 5.33 Å². The van der Waals surface area contributed by atoms with Gasteiger partial charge in [-0.25, -0.2) is 8.78 Å². The molecule has 0 aliphatic heterocycles. The number of halogens is 3. The van der Waals surface area contributed by atoms with E-state index in [1.807, 2.05) is 0 Å². The molecule has 1 aromatic rings. The molecule has 70 valence electrons. The summed E-state index contributed by atoms with van der Waals surface area (Å²) in [6, 6.07) is 1.55. The molecular weight excluding hydrogens is 248 g/mol. The van der Waals surface area contributed by atoms with Gasteiger partial charge in [-0.2, -0.15) is 0 Å². The fourth-order valence-electron chi connectivity index (χ4n) is 0.833. The van der Waals surface area contributed by atoms with Crippen LogP contribution in [0.5, 0.6) is 0 Å². The molecule has 0 amide bonds. The largest absolute Gasteiger partial charge is 0.272 e. The van der Waals surface area contributed by atoms with Crippen molar-refractivity contribution in [3.8, 4) is 0 Å². The first-order chi connectivity index (χ1) is 6.06. The molecule has 6 heteroatoms. The van der Waals surface area contributed by atoms with Crippen LogP contribution in [-0.4, -0.2) is 4.92 Å². The van der Waals surface area contributed by atoms with E-state index in [1.54, 1.807) is 0 Å². The molecule has 0 fully saturated rings. The third kappa shape index (κ3) is 2.00. The predicted octanol–water partition coefficient (Wildman–Crippen LogP) is 2.77. The first-order valence-electron chi connectivity index (χ1n) is 3.24. The van der Waals surface area contributed by atoms with Crippen molar-refractivity contribution in [1.29, 1.82) is 0 Å². The summed E-state index contributed by atoms with van der Waals surface area (Å²) in [4.78, 5) is 9.46. The highest BCUT2D eigenvalue weighted by Crippen LogP contribution is 2.21. The predicted molar refractivity (Wildman–Crippen MR) is 45.6 cm³/mol. The van der Waals surface area contributed by atoms with Crippen LogP contribution in [0.1, 0.15) is 5.56 Å². The summed E-state index contributed by atoms with van der Waals surface area (Å²) >= 11 is 2.90. The first-order valence-corrected chi connectivity index (χ1v) is 4.36. The zero-order valence-electron chi connectivity index (χ0n) is 6.26. The zero-order chi connectivity index (χ0) is 10.0. The van der Waals surface area contributed by atoms with Crippen LogP contribution in [0, 0.1) is 21.7 Å². The molecule has 0 unspecified atom stereocenters. The van der Waals surface area contributed by atoms with Crippen molar-refractivity contribution in [3.63, 3.8) is 0 Å². The van der Waals surface area contributed by atoms with Gasteiger partial charge < -0.3 is 0 Å². The summed E-state index contributed by atoms with van der Waals surface area (Å²) < 4.78 is 25.5. The molecule has 0 bridgehead atoms. The van der Waals surface area contributed by atoms with Crippen molar-refractivity contribution in [2.75, 3.05) is 0 Å². The molecule has 0 saturated carbocycles. The first kappa shape index (κ1) is 10.0. The van der Waals surface area contributed by atoms with Gasteiger partial charge >= 0.3 is 0 Å². The van der Waals surface area contributed by atoms with Crippen LogP contribution in [0.3, 0.4) is 0 Å². The summed E-state index contributed by atoms with van der Waals surface area (Å²) in [5.41, 5.74) is -0.514. The third-order valence-electron chi connectivity index (χ3n) is 1.44. The Morgan fingerprint density at radius 2 is 2.08 bits per heavy atom. The molecule has 0 N–H and O–H groups in total. The normalized spacial score (nSPS) is 10.1. The van der Waals surface area contributed by atoms with E-state index in [0.717, 1.165) is 6.07 Å². The van der Waals surface area contributed by atoms with Gasteiger partial charge in [0.25, 0.3) is 5.69 Å². The van der Waals surface area contributed by atoms with E-state index in [1.165, 1.54) is 0 Å². The molecule has 0 aliphatic carbocycles. The molecular formula is C7H4BrF2NO2. The molecule has 0 aromatic heterocycles. The van der Waals surface area contributed by atoms with Crippen molar-refractivity contribution < 1.29 is 13.7 Å². The molecule has 0 spiro atoms. The average Bonchev–Trinajstić information content (AvgIpc) is 2.09. The lowest BCUT2D eigenvalue weighted by molar-refractivity contribution is -0.385. The second-order valence-corrected chi connectivity index (χ2v) is 2.85. The van der Waals surface area contributed by atoms with Crippen molar-refractivity contribution in [2.24, 2.45) is 0 Å². The van der Waals surface area contributed by atoms with E-state index in [4.69, 9.17) is 0 Å². The summed E-state index contributed by atoms with van der Waals surface area (Å²) in [5, 5.41) is 10.3. The fourth-order valence-corrected chi connectivity index (χ4v) is 1.24. The molecule has 0 atom stereocenters. The standard InChI is InChI=1S/C7H4BrF2NO2/c8-3-4-1-5(11(12)13)2-6(9)7(4)10/h1-2H,3H2. The van der Waals surface area contributed by atoms with Gasteiger partial charge in [-0.05, 0) is 0 Å². The second kappa shape index (κ2) is 3.78. The highest BCUT2D eigenvalue weighted by molar-refractivity contribution is 9.08. The van der Waals surface area contributed by atoms with Crippen molar-refractivity contribution in [3.05, 3.63) is 39.4 Å². The fraction of sp³-hybridized carbons (Fsp3) is 0.143. The van der Waals surface area contributed by atoms with Gasteiger partial charge in [-0.1, -0.05) is 15.9 Å². The lowest BCUT2D eigenvalue weighted by Gasteiger charge is -1.99. The topological polar surface area (TPSA) is 43.1 Å². The average molecular weight is 252 g/mol. The number of hydrogen-bond donors (Lipinski definition) is 0. The minimum atomic E-state index is -1.20. The van der Waals surface area contributed by atoms with Crippen molar-refractivity contribution >= 4 is 21.6 Å². The monoisotopic (exact) mass is 251 g/mol. The minimum Gasteiger partial charge on any atom is -0.258 e. The van der Waals surface area contributed by atoms with E-state index >= 15 is 0 Å². The SMILES string of the molecule is O=[N+]([O-])c1cc(F)c(F)c(CBr)c1. The Morgan fingerprint density at radius 3 is 2.54 bits per heavy atom. The number of nitro benzene ring substituents is 1. The number of nitrogens with zero attached hydrogens (tertiary/aromatic N) is 1. The molecule has 13 heavy (non-hydrogen) atoms. The molecule has 0 aliphatic rings. The second-order valence-electron chi connectivity index (χ2n) is 2.29. The van der Waals surface area contributed by atoms with Crippen LogP contribution in [0.15, 0.2) is 12.1 Å². The summed E-state index contributed by atoms with van der Waals surface area (Å²) in [7, 11) is 0. The maximum absolute atomic E-state index is 12.8. The number of rotatable bonds is 2. The number of alkyl halides is 1. The van der Waals surface area contributed by atoms with Crippen LogP contribution in [0.25, 0.3) is 0 Å². The van der Waals surface area contributed by atoms with Gasteiger partial charge in [0.2, 0.25) is 0 Å².